The molecule has 8 heteroatoms. The summed E-state index contributed by atoms with van der Waals surface area (Å²) in [5.41, 5.74) is 3.44. The van der Waals surface area contributed by atoms with Crippen LogP contribution in [0, 0.1) is 6.92 Å². The van der Waals surface area contributed by atoms with Gasteiger partial charge in [0.2, 0.25) is 11.9 Å². The minimum atomic E-state index is -0.0279. The topological polar surface area (TPSA) is 91.8 Å². The van der Waals surface area contributed by atoms with Crippen molar-refractivity contribution in [1.29, 1.82) is 0 Å². The molecule has 1 amide bonds. The molecule has 7 nitrogen and oxygen atoms in total. The highest BCUT2D eigenvalue weighted by Crippen LogP contribution is 2.28. The summed E-state index contributed by atoms with van der Waals surface area (Å²) >= 11 is 6.05. The van der Waals surface area contributed by atoms with Gasteiger partial charge in [0.15, 0.2) is 0 Å². The van der Waals surface area contributed by atoms with Crippen molar-refractivity contribution < 1.29 is 4.79 Å². The third kappa shape index (κ3) is 5.89. The molecule has 0 unspecified atom stereocenters. The van der Waals surface area contributed by atoms with Gasteiger partial charge in [0.25, 0.3) is 0 Å². The number of carbonyl (C=O) groups excluding carboxylic acids is 1. The Morgan fingerprint density at radius 2 is 2.00 bits per heavy atom. The molecule has 0 aliphatic carbocycles. The number of halogens is 1. The van der Waals surface area contributed by atoms with Crippen molar-refractivity contribution in [2.75, 3.05) is 23.7 Å². The van der Waals surface area contributed by atoms with Crippen molar-refractivity contribution >= 4 is 35.0 Å². The summed E-state index contributed by atoms with van der Waals surface area (Å²) in [5, 5.41) is 9.94. The van der Waals surface area contributed by atoms with Gasteiger partial charge in [0.05, 0.1) is 5.69 Å². The van der Waals surface area contributed by atoms with Crippen LogP contribution in [0.25, 0.3) is 11.3 Å². The second-order valence-electron chi connectivity index (χ2n) is 6.52. The molecule has 3 aromatic rings. The molecular weight excluding hydrogens is 388 g/mol. The van der Waals surface area contributed by atoms with E-state index in [9.17, 15) is 4.79 Å². The monoisotopic (exact) mass is 410 g/mol. The van der Waals surface area contributed by atoms with Gasteiger partial charge >= 0.3 is 0 Å². The van der Waals surface area contributed by atoms with Crippen LogP contribution in [-0.2, 0) is 4.79 Å². The number of pyridine rings is 1. The molecule has 150 valence electrons. The molecule has 0 fully saturated rings. The first-order chi connectivity index (χ1) is 14.0. The van der Waals surface area contributed by atoms with Crippen molar-refractivity contribution in [3.05, 3.63) is 59.4 Å². The van der Waals surface area contributed by atoms with Gasteiger partial charge in [-0.3, -0.25) is 4.79 Å². The Balaban J connectivity index is 1.78. The van der Waals surface area contributed by atoms with Gasteiger partial charge in [-0.1, -0.05) is 17.7 Å². The zero-order chi connectivity index (χ0) is 20.6. The van der Waals surface area contributed by atoms with E-state index in [1.54, 1.807) is 12.4 Å². The zero-order valence-corrected chi connectivity index (χ0v) is 17.1. The Morgan fingerprint density at radius 3 is 2.79 bits per heavy atom. The zero-order valence-electron chi connectivity index (χ0n) is 16.4. The number of aryl methyl sites for hydroxylation is 1. The maximum atomic E-state index is 11.0. The molecule has 0 bridgehead atoms. The highest BCUT2D eigenvalue weighted by Gasteiger charge is 2.12. The summed E-state index contributed by atoms with van der Waals surface area (Å²) in [4.78, 5) is 24.5. The lowest BCUT2D eigenvalue weighted by Gasteiger charge is -2.13. The van der Waals surface area contributed by atoms with E-state index in [-0.39, 0.29) is 5.91 Å². The van der Waals surface area contributed by atoms with E-state index in [2.05, 4.69) is 25.9 Å². The summed E-state index contributed by atoms with van der Waals surface area (Å²) in [6, 6.07) is 11.3. The number of hydrogen-bond donors (Lipinski definition) is 3. The maximum Gasteiger partial charge on any atom is 0.227 e. The van der Waals surface area contributed by atoms with E-state index in [0.29, 0.717) is 24.1 Å². The first-order valence-electron chi connectivity index (χ1n) is 9.33. The molecule has 0 radical (unpaired) electrons. The standard InChI is InChI=1S/C21H23ClN6O/c1-14-13-26-21(27-17-7-3-6-16(22)12-17)28-19(14)18-8-4-9-24-20(18)25-11-5-10-23-15(2)29/h3-4,6-9,12-13H,5,10-11H2,1-2H3,(H,23,29)(H,24,25)(H,26,27,28). The molecule has 0 aliphatic heterocycles. The first kappa shape index (κ1) is 20.5. The number of aromatic nitrogens is 3. The number of rotatable bonds is 8. The largest absolute Gasteiger partial charge is 0.369 e. The molecule has 2 aromatic heterocycles. The Kier molecular flexibility index (Phi) is 6.97. The van der Waals surface area contributed by atoms with E-state index in [4.69, 9.17) is 16.6 Å². The highest BCUT2D eigenvalue weighted by atomic mass is 35.5. The van der Waals surface area contributed by atoms with Crippen molar-refractivity contribution in [2.45, 2.75) is 20.3 Å². The second kappa shape index (κ2) is 9.84. The van der Waals surface area contributed by atoms with Crippen LogP contribution in [0.15, 0.2) is 48.8 Å². The molecule has 1 aromatic carbocycles. The third-order valence-corrected chi connectivity index (χ3v) is 4.37. The first-order valence-corrected chi connectivity index (χ1v) is 9.70. The van der Waals surface area contributed by atoms with Crippen molar-refractivity contribution in [3.8, 4) is 11.3 Å². The molecule has 0 aliphatic rings. The number of nitrogens with one attached hydrogen (secondary N) is 3. The van der Waals surface area contributed by atoms with E-state index < -0.39 is 0 Å². The molecule has 0 saturated heterocycles. The number of anilines is 3. The van der Waals surface area contributed by atoms with Crippen LogP contribution in [-0.4, -0.2) is 33.9 Å². The molecule has 0 atom stereocenters. The van der Waals surface area contributed by atoms with Crippen molar-refractivity contribution in [1.82, 2.24) is 20.3 Å². The number of hydrogen-bond acceptors (Lipinski definition) is 6. The average Bonchev–Trinajstić information content (AvgIpc) is 2.69. The fraction of sp³-hybridized carbons (Fsp3) is 0.238. The van der Waals surface area contributed by atoms with Crippen LogP contribution >= 0.6 is 11.6 Å². The molecule has 29 heavy (non-hydrogen) atoms. The SMILES string of the molecule is CC(=O)NCCCNc1ncccc1-c1nc(Nc2cccc(Cl)c2)ncc1C. The van der Waals surface area contributed by atoms with E-state index in [1.807, 2.05) is 43.3 Å². The smallest absolute Gasteiger partial charge is 0.227 e. The number of amides is 1. The van der Waals surface area contributed by atoms with Gasteiger partial charge in [0, 0.05) is 48.7 Å². The summed E-state index contributed by atoms with van der Waals surface area (Å²) in [5.74, 6) is 1.19. The minimum absolute atomic E-state index is 0.0279. The second-order valence-corrected chi connectivity index (χ2v) is 6.96. The minimum Gasteiger partial charge on any atom is -0.369 e. The molecule has 3 N–H and O–H groups in total. The van der Waals surface area contributed by atoms with Crippen molar-refractivity contribution in [3.63, 3.8) is 0 Å². The van der Waals surface area contributed by atoms with Gasteiger partial charge in [-0.05, 0) is 49.2 Å². The predicted octanol–water partition coefficient (Wildman–Crippen LogP) is 4.18. The van der Waals surface area contributed by atoms with E-state index in [0.717, 1.165) is 34.7 Å². The lowest BCUT2D eigenvalue weighted by molar-refractivity contribution is -0.118. The average molecular weight is 411 g/mol. The third-order valence-electron chi connectivity index (χ3n) is 4.14. The van der Waals surface area contributed by atoms with Gasteiger partial charge in [0.1, 0.15) is 5.82 Å². The highest BCUT2D eigenvalue weighted by molar-refractivity contribution is 6.30. The van der Waals surface area contributed by atoms with Crippen molar-refractivity contribution in [2.24, 2.45) is 0 Å². The van der Waals surface area contributed by atoms with Crippen LogP contribution in [0.4, 0.5) is 17.5 Å². The summed E-state index contributed by atoms with van der Waals surface area (Å²) in [6.45, 7) is 4.77. The number of nitrogens with zero attached hydrogens (tertiary/aromatic N) is 3. The fourth-order valence-corrected chi connectivity index (χ4v) is 2.96. The van der Waals surface area contributed by atoms with E-state index >= 15 is 0 Å². The Bertz CT molecular complexity index is 994. The van der Waals surface area contributed by atoms with Crippen LogP contribution in [0.3, 0.4) is 0 Å². The summed E-state index contributed by atoms with van der Waals surface area (Å²) in [6.07, 6.45) is 4.31. The normalized spacial score (nSPS) is 10.4. The van der Waals surface area contributed by atoms with Gasteiger partial charge in [-0.2, -0.15) is 0 Å². The van der Waals surface area contributed by atoms with Gasteiger partial charge in [-0.15, -0.1) is 0 Å². The van der Waals surface area contributed by atoms with Gasteiger partial charge < -0.3 is 16.0 Å². The molecule has 0 saturated carbocycles. The van der Waals surface area contributed by atoms with Gasteiger partial charge in [-0.25, -0.2) is 15.0 Å². The Morgan fingerprint density at radius 1 is 1.14 bits per heavy atom. The molecule has 2 heterocycles. The Hall–Kier alpha value is -3.19. The maximum absolute atomic E-state index is 11.0. The molecule has 3 rings (SSSR count). The molecule has 0 spiro atoms. The number of carbonyl (C=O) groups is 1. The summed E-state index contributed by atoms with van der Waals surface area (Å²) < 4.78 is 0. The fourth-order valence-electron chi connectivity index (χ4n) is 2.77. The predicted molar refractivity (Wildman–Crippen MR) is 117 cm³/mol. The number of benzene rings is 1. The van der Waals surface area contributed by atoms with Crippen LogP contribution in [0.5, 0.6) is 0 Å². The lowest BCUT2D eigenvalue weighted by atomic mass is 10.1. The van der Waals surface area contributed by atoms with E-state index in [1.165, 1.54) is 6.92 Å². The quantitative estimate of drug-likeness (QED) is 0.482. The van der Waals surface area contributed by atoms with Crippen LogP contribution < -0.4 is 16.0 Å². The summed E-state index contributed by atoms with van der Waals surface area (Å²) in [7, 11) is 0. The van der Waals surface area contributed by atoms with Crippen LogP contribution in [0.1, 0.15) is 18.9 Å². The Labute approximate surface area is 175 Å². The lowest BCUT2D eigenvalue weighted by Crippen LogP contribution is -2.22. The van der Waals surface area contributed by atoms with Crippen LogP contribution in [0.2, 0.25) is 5.02 Å². The molecular formula is C21H23ClN6O.